The summed E-state index contributed by atoms with van der Waals surface area (Å²) < 4.78 is 12.0. The number of halogens is 1. The summed E-state index contributed by atoms with van der Waals surface area (Å²) in [5.74, 6) is 7.99. The second-order valence-corrected chi connectivity index (χ2v) is 7.75. The molecule has 0 saturated heterocycles. The second kappa shape index (κ2) is 8.22. The zero-order valence-corrected chi connectivity index (χ0v) is 17.0. The Kier molecular flexibility index (Phi) is 5.50. The van der Waals surface area contributed by atoms with Crippen LogP contribution in [0.15, 0.2) is 47.6 Å². The number of nitrogens with two attached hydrogens (primary N) is 1. The van der Waals surface area contributed by atoms with Gasteiger partial charge in [-0.15, -0.1) is 10.2 Å². The lowest BCUT2D eigenvalue weighted by molar-refractivity contribution is -0.119. The van der Waals surface area contributed by atoms with Crippen LogP contribution in [0.5, 0.6) is 11.5 Å². The molecule has 3 aromatic rings. The maximum absolute atomic E-state index is 12.4. The zero-order chi connectivity index (χ0) is 20.4. The third kappa shape index (κ3) is 4.25. The second-order valence-electron chi connectivity index (χ2n) is 6.37. The van der Waals surface area contributed by atoms with Crippen molar-refractivity contribution in [1.82, 2.24) is 20.2 Å². The van der Waals surface area contributed by atoms with E-state index in [-0.39, 0.29) is 24.5 Å². The van der Waals surface area contributed by atoms with Crippen molar-refractivity contribution in [3.05, 3.63) is 53.1 Å². The summed E-state index contributed by atoms with van der Waals surface area (Å²) in [5, 5.41) is 12.2. The SMILES string of the molecule is CC(NC(=O)CSc1nnc(-c2ccc(Cl)cc2)n1N)c1ccc2c(c1)OCO2. The number of amides is 1. The van der Waals surface area contributed by atoms with Crippen LogP contribution in [0.3, 0.4) is 0 Å². The van der Waals surface area contributed by atoms with E-state index in [9.17, 15) is 4.79 Å². The summed E-state index contributed by atoms with van der Waals surface area (Å²) in [6.45, 7) is 2.12. The van der Waals surface area contributed by atoms with Gasteiger partial charge in [0.2, 0.25) is 17.9 Å². The van der Waals surface area contributed by atoms with Crippen molar-refractivity contribution in [2.75, 3.05) is 18.4 Å². The molecule has 0 fully saturated rings. The van der Waals surface area contributed by atoms with Crippen LogP contribution in [0.1, 0.15) is 18.5 Å². The molecule has 8 nitrogen and oxygen atoms in total. The molecule has 29 heavy (non-hydrogen) atoms. The first-order valence-electron chi connectivity index (χ1n) is 8.79. The van der Waals surface area contributed by atoms with Gasteiger partial charge < -0.3 is 20.6 Å². The maximum Gasteiger partial charge on any atom is 0.231 e. The lowest BCUT2D eigenvalue weighted by Gasteiger charge is -2.14. The normalized spacial score (nSPS) is 13.3. The quantitative estimate of drug-likeness (QED) is 0.456. The monoisotopic (exact) mass is 431 g/mol. The largest absolute Gasteiger partial charge is 0.454 e. The zero-order valence-electron chi connectivity index (χ0n) is 15.5. The van der Waals surface area contributed by atoms with Crippen molar-refractivity contribution in [2.45, 2.75) is 18.1 Å². The van der Waals surface area contributed by atoms with Crippen molar-refractivity contribution < 1.29 is 14.3 Å². The third-order valence-corrected chi connectivity index (χ3v) is 5.57. The molecule has 1 unspecified atom stereocenters. The lowest BCUT2D eigenvalue weighted by Crippen LogP contribution is -2.28. The van der Waals surface area contributed by atoms with Crippen molar-refractivity contribution in [1.29, 1.82) is 0 Å². The van der Waals surface area contributed by atoms with Crippen LogP contribution in [0, 0.1) is 0 Å². The molecule has 1 aromatic heterocycles. The molecule has 4 rings (SSSR count). The molecule has 0 aliphatic carbocycles. The number of thioether (sulfide) groups is 1. The maximum atomic E-state index is 12.4. The molecule has 0 bridgehead atoms. The van der Waals surface area contributed by atoms with Crippen LogP contribution < -0.4 is 20.6 Å². The first-order chi connectivity index (χ1) is 14.0. The van der Waals surface area contributed by atoms with Crippen LogP contribution in [-0.2, 0) is 4.79 Å². The van der Waals surface area contributed by atoms with E-state index in [1.807, 2.05) is 37.3 Å². The van der Waals surface area contributed by atoms with E-state index in [0.29, 0.717) is 27.5 Å². The molecule has 2 heterocycles. The van der Waals surface area contributed by atoms with Crippen molar-refractivity contribution in [3.63, 3.8) is 0 Å². The number of nitrogen functional groups attached to an aromatic ring is 1. The minimum Gasteiger partial charge on any atom is -0.454 e. The van der Waals surface area contributed by atoms with Gasteiger partial charge in [0, 0.05) is 10.6 Å². The Morgan fingerprint density at radius 2 is 2.00 bits per heavy atom. The van der Waals surface area contributed by atoms with E-state index in [2.05, 4.69) is 15.5 Å². The number of nitrogens with one attached hydrogen (secondary N) is 1. The molecule has 1 aliphatic heterocycles. The molecule has 1 atom stereocenters. The van der Waals surface area contributed by atoms with Crippen molar-refractivity contribution in [2.24, 2.45) is 0 Å². The van der Waals surface area contributed by atoms with Crippen LogP contribution in [0.25, 0.3) is 11.4 Å². The summed E-state index contributed by atoms with van der Waals surface area (Å²) in [6.07, 6.45) is 0. The van der Waals surface area contributed by atoms with Crippen LogP contribution in [0.2, 0.25) is 5.02 Å². The number of hydrogen-bond acceptors (Lipinski definition) is 7. The Hall–Kier alpha value is -2.91. The number of carbonyl (C=O) groups excluding carboxylic acids is 1. The molecule has 10 heteroatoms. The fraction of sp³-hybridized carbons (Fsp3) is 0.211. The molecule has 3 N–H and O–H groups in total. The first-order valence-corrected chi connectivity index (χ1v) is 10.2. The van der Waals surface area contributed by atoms with Gasteiger partial charge in [0.25, 0.3) is 0 Å². The molecule has 1 amide bonds. The Labute approximate surface area is 176 Å². The fourth-order valence-corrected chi connectivity index (χ4v) is 3.64. The Balaban J connectivity index is 1.35. The van der Waals surface area contributed by atoms with E-state index in [0.717, 1.165) is 11.1 Å². The van der Waals surface area contributed by atoms with Gasteiger partial charge in [0.05, 0.1) is 11.8 Å². The highest BCUT2D eigenvalue weighted by atomic mass is 35.5. The van der Waals surface area contributed by atoms with Gasteiger partial charge in [-0.25, -0.2) is 4.68 Å². The van der Waals surface area contributed by atoms with Gasteiger partial charge in [-0.05, 0) is 48.9 Å². The summed E-state index contributed by atoms with van der Waals surface area (Å²) in [7, 11) is 0. The third-order valence-electron chi connectivity index (χ3n) is 4.37. The molecule has 0 radical (unpaired) electrons. The lowest BCUT2D eigenvalue weighted by atomic mass is 10.1. The smallest absolute Gasteiger partial charge is 0.231 e. The van der Waals surface area contributed by atoms with E-state index < -0.39 is 0 Å². The molecule has 0 saturated carbocycles. The molecular weight excluding hydrogens is 414 g/mol. The Bertz CT molecular complexity index is 1040. The van der Waals surface area contributed by atoms with Crippen LogP contribution in [-0.4, -0.2) is 33.3 Å². The number of benzene rings is 2. The van der Waals surface area contributed by atoms with Gasteiger partial charge in [-0.1, -0.05) is 29.4 Å². The van der Waals surface area contributed by atoms with Gasteiger partial charge in [-0.2, -0.15) is 0 Å². The highest BCUT2D eigenvalue weighted by molar-refractivity contribution is 7.99. The number of hydrogen-bond donors (Lipinski definition) is 2. The highest BCUT2D eigenvalue weighted by Gasteiger charge is 2.18. The van der Waals surface area contributed by atoms with E-state index >= 15 is 0 Å². The van der Waals surface area contributed by atoms with Gasteiger partial charge in [-0.3, -0.25) is 4.79 Å². The Morgan fingerprint density at radius 3 is 2.79 bits per heavy atom. The summed E-state index contributed by atoms with van der Waals surface area (Å²) in [5.41, 5.74) is 1.72. The average molecular weight is 432 g/mol. The van der Waals surface area contributed by atoms with E-state index in [1.165, 1.54) is 16.4 Å². The number of ether oxygens (including phenoxy) is 2. The number of fused-ring (bicyclic) bond motifs is 1. The van der Waals surface area contributed by atoms with Crippen LogP contribution >= 0.6 is 23.4 Å². The number of nitrogens with zero attached hydrogens (tertiary/aromatic N) is 3. The first kappa shape index (κ1) is 19.4. The summed E-state index contributed by atoms with van der Waals surface area (Å²) >= 11 is 7.12. The van der Waals surface area contributed by atoms with Crippen molar-refractivity contribution in [3.8, 4) is 22.9 Å². The van der Waals surface area contributed by atoms with Crippen molar-refractivity contribution >= 4 is 29.3 Å². The van der Waals surface area contributed by atoms with E-state index in [1.54, 1.807) is 12.1 Å². The predicted octanol–water partition coefficient (Wildman–Crippen LogP) is 3.01. The average Bonchev–Trinajstić information content (AvgIpc) is 3.33. The molecular formula is C19H18ClN5O3S. The topological polar surface area (TPSA) is 104 Å². The van der Waals surface area contributed by atoms with Gasteiger partial charge in [0.15, 0.2) is 17.3 Å². The molecule has 0 spiro atoms. The number of aromatic nitrogens is 3. The van der Waals surface area contributed by atoms with Crippen LogP contribution in [0.4, 0.5) is 0 Å². The fourth-order valence-electron chi connectivity index (χ4n) is 2.85. The Morgan fingerprint density at radius 1 is 1.24 bits per heavy atom. The molecule has 1 aliphatic rings. The summed E-state index contributed by atoms with van der Waals surface area (Å²) in [6, 6.07) is 12.6. The molecule has 150 valence electrons. The van der Waals surface area contributed by atoms with Gasteiger partial charge in [0.1, 0.15) is 0 Å². The van der Waals surface area contributed by atoms with E-state index in [4.69, 9.17) is 26.9 Å². The minimum absolute atomic E-state index is 0.142. The highest BCUT2D eigenvalue weighted by Crippen LogP contribution is 2.34. The number of rotatable bonds is 6. The summed E-state index contributed by atoms with van der Waals surface area (Å²) in [4.78, 5) is 12.4. The number of carbonyl (C=O) groups is 1. The molecule has 2 aromatic carbocycles. The minimum atomic E-state index is -0.182. The van der Waals surface area contributed by atoms with Gasteiger partial charge >= 0.3 is 0 Å². The predicted molar refractivity (Wildman–Crippen MR) is 110 cm³/mol. The standard InChI is InChI=1S/C19H18ClN5O3S/c1-11(13-4-7-15-16(8-13)28-10-27-15)22-17(26)9-29-19-24-23-18(25(19)21)12-2-5-14(20)6-3-12/h2-8,11H,9-10,21H2,1H3,(H,22,26).